The number of rotatable bonds is 9. The number of carbonyl (C=O) groups excluding carboxylic acids is 1. The van der Waals surface area contributed by atoms with E-state index in [1.54, 1.807) is 25.6 Å². The number of hydrogen-bond acceptors (Lipinski definition) is 6. The smallest absolute Gasteiger partial charge is 0.415 e. The number of carboxylic acid groups (broad SMARTS) is 1. The number of fused-ring (bicyclic) bond motifs is 1. The highest BCUT2D eigenvalue weighted by molar-refractivity contribution is 8.00. The summed E-state index contributed by atoms with van der Waals surface area (Å²) in [6, 6.07) is 13.7. The van der Waals surface area contributed by atoms with E-state index in [9.17, 15) is 14.7 Å². The van der Waals surface area contributed by atoms with Crippen molar-refractivity contribution in [2.24, 2.45) is 10.4 Å². The Morgan fingerprint density at radius 1 is 1.02 bits per heavy atom. The van der Waals surface area contributed by atoms with Crippen molar-refractivity contribution in [3.8, 4) is 5.75 Å². The van der Waals surface area contributed by atoms with Crippen LogP contribution in [0.3, 0.4) is 0 Å². The standard InChI is InChI=1S/C33H42ClN3O5S/c1-31(2,3)42-30(40)36-16-15-35-27(36)20-41-23-13-14-25-24(17-23)28(43-32(4,5)6)26(18-33(7,8)29(38)39)37(25)19-21-9-11-22(34)12-10-21/h9-14,17H,15-16,18-20H2,1-8H3,(H,38,39). The van der Waals surface area contributed by atoms with Crippen molar-refractivity contribution in [1.29, 1.82) is 0 Å². The molecule has 0 atom stereocenters. The number of halogens is 1. The van der Waals surface area contributed by atoms with E-state index < -0.39 is 23.1 Å². The lowest BCUT2D eigenvalue weighted by atomic mass is 9.88. The summed E-state index contributed by atoms with van der Waals surface area (Å²) in [7, 11) is 0. The molecule has 0 radical (unpaired) electrons. The third-order valence-corrected chi connectivity index (χ3v) is 8.38. The molecule has 10 heteroatoms. The van der Waals surface area contributed by atoms with Gasteiger partial charge >= 0.3 is 12.1 Å². The summed E-state index contributed by atoms with van der Waals surface area (Å²) in [6.45, 7) is 17.1. The molecule has 1 aromatic heterocycles. The summed E-state index contributed by atoms with van der Waals surface area (Å²) in [4.78, 5) is 32.0. The Hall–Kier alpha value is -3.17. The van der Waals surface area contributed by atoms with E-state index in [-0.39, 0.29) is 11.4 Å². The van der Waals surface area contributed by atoms with Gasteiger partial charge in [-0.3, -0.25) is 14.7 Å². The monoisotopic (exact) mass is 627 g/mol. The van der Waals surface area contributed by atoms with Gasteiger partial charge in [0.1, 0.15) is 23.8 Å². The van der Waals surface area contributed by atoms with Gasteiger partial charge in [0.15, 0.2) is 0 Å². The van der Waals surface area contributed by atoms with Crippen LogP contribution in [0.2, 0.25) is 5.02 Å². The molecule has 4 rings (SSSR count). The molecule has 0 unspecified atom stereocenters. The molecule has 1 aliphatic rings. The molecule has 0 saturated heterocycles. The van der Waals surface area contributed by atoms with Crippen LogP contribution < -0.4 is 4.74 Å². The molecule has 0 saturated carbocycles. The van der Waals surface area contributed by atoms with Crippen LogP contribution in [-0.4, -0.2) is 62.5 Å². The van der Waals surface area contributed by atoms with Crippen molar-refractivity contribution in [1.82, 2.24) is 9.47 Å². The minimum Gasteiger partial charge on any atom is -0.486 e. The molecule has 0 aliphatic carbocycles. The topological polar surface area (TPSA) is 93.4 Å². The summed E-state index contributed by atoms with van der Waals surface area (Å²) in [5.41, 5.74) is 1.42. The number of carbonyl (C=O) groups is 2. The summed E-state index contributed by atoms with van der Waals surface area (Å²) >= 11 is 7.88. The van der Waals surface area contributed by atoms with E-state index in [0.29, 0.717) is 42.7 Å². The first-order valence-electron chi connectivity index (χ1n) is 14.4. The van der Waals surface area contributed by atoms with Crippen molar-refractivity contribution >= 4 is 52.2 Å². The van der Waals surface area contributed by atoms with E-state index in [0.717, 1.165) is 27.1 Å². The molecule has 1 N–H and O–H groups in total. The van der Waals surface area contributed by atoms with E-state index in [4.69, 9.17) is 21.1 Å². The lowest BCUT2D eigenvalue weighted by Crippen LogP contribution is -2.41. The molecular formula is C33H42ClN3O5S. The van der Waals surface area contributed by atoms with Crippen LogP contribution >= 0.6 is 23.4 Å². The molecular weight excluding hydrogens is 586 g/mol. The first-order valence-corrected chi connectivity index (χ1v) is 15.6. The molecule has 0 bridgehead atoms. The molecule has 0 spiro atoms. The van der Waals surface area contributed by atoms with E-state index in [1.807, 2.05) is 63.2 Å². The molecule has 1 aliphatic heterocycles. The van der Waals surface area contributed by atoms with Crippen LogP contribution in [-0.2, 0) is 22.5 Å². The Morgan fingerprint density at radius 2 is 1.70 bits per heavy atom. The number of aliphatic imine (C=N–C) groups is 1. The second kappa shape index (κ2) is 12.4. The fourth-order valence-electron chi connectivity index (χ4n) is 4.77. The highest BCUT2D eigenvalue weighted by Gasteiger charge is 2.33. The summed E-state index contributed by atoms with van der Waals surface area (Å²) < 4.78 is 13.8. The third kappa shape index (κ3) is 8.26. The maximum Gasteiger partial charge on any atom is 0.415 e. The van der Waals surface area contributed by atoms with Crippen molar-refractivity contribution in [3.05, 3.63) is 58.7 Å². The molecule has 0 fully saturated rings. The minimum atomic E-state index is -0.982. The average molecular weight is 628 g/mol. The molecule has 8 nitrogen and oxygen atoms in total. The number of nitrogens with zero attached hydrogens (tertiary/aromatic N) is 3. The van der Waals surface area contributed by atoms with Gasteiger partial charge in [0.2, 0.25) is 0 Å². The van der Waals surface area contributed by atoms with Gasteiger partial charge in [-0.1, -0.05) is 44.5 Å². The third-order valence-electron chi connectivity index (χ3n) is 6.85. The fourth-order valence-corrected chi connectivity index (χ4v) is 6.08. The Labute approximate surface area is 263 Å². The van der Waals surface area contributed by atoms with Crippen molar-refractivity contribution in [2.75, 3.05) is 19.7 Å². The van der Waals surface area contributed by atoms with Crippen LogP contribution in [0, 0.1) is 5.41 Å². The van der Waals surface area contributed by atoms with Crippen molar-refractivity contribution in [3.63, 3.8) is 0 Å². The van der Waals surface area contributed by atoms with Gasteiger partial charge in [0.05, 0.1) is 18.5 Å². The van der Waals surface area contributed by atoms with E-state index in [1.165, 1.54) is 4.90 Å². The molecule has 3 aromatic rings. The quantitative estimate of drug-likeness (QED) is 0.242. The van der Waals surface area contributed by atoms with Gasteiger partial charge in [0.25, 0.3) is 0 Å². The highest BCUT2D eigenvalue weighted by Crippen LogP contribution is 2.44. The van der Waals surface area contributed by atoms with Crippen LogP contribution in [0.1, 0.15) is 66.6 Å². The molecule has 232 valence electrons. The van der Waals surface area contributed by atoms with Crippen molar-refractivity contribution in [2.45, 2.75) is 83.6 Å². The number of ether oxygens (including phenoxy) is 2. The largest absolute Gasteiger partial charge is 0.486 e. The second-order valence-electron chi connectivity index (χ2n) is 13.5. The van der Waals surface area contributed by atoms with Gasteiger partial charge in [-0.15, -0.1) is 11.8 Å². The summed E-state index contributed by atoms with van der Waals surface area (Å²) in [6.07, 6.45) is -0.0856. The SMILES string of the molecule is CC(C)(C)OC(=O)N1CCN=C1COc1ccc2c(c1)c(SC(C)(C)C)c(CC(C)(C)C(=O)O)n2Cc1ccc(Cl)cc1. The van der Waals surface area contributed by atoms with E-state index >= 15 is 0 Å². The maximum absolute atomic E-state index is 12.7. The normalized spacial score (nSPS) is 14.3. The first kappa shape index (κ1) is 32.7. The first-order chi connectivity index (χ1) is 19.9. The number of thioether (sulfide) groups is 1. The zero-order chi connectivity index (χ0) is 31.7. The van der Waals surface area contributed by atoms with Crippen LogP contribution in [0.25, 0.3) is 10.9 Å². The zero-order valence-electron chi connectivity index (χ0n) is 26.3. The lowest BCUT2D eigenvalue weighted by Gasteiger charge is -2.25. The van der Waals surface area contributed by atoms with Gasteiger partial charge in [0, 0.05) is 44.2 Å². The number of amides is 1. The van der Waals surface area contributed by atoms with Gasteiger partial charge in [-0.25, -0.2) is 4.79 Å². The van der Waals surface area contributed by atoms with Gasteiger partial charge < -0.3 is 19.1 Å². The number of carboxylic acids is 1. The fraction of sp³-hybridized carbons (Fsp3) is 0.485. The predicted octanol–water partition coefficient (Wildman–Crippen LogP) is 7.91. The van der Waals surface area contributed by atoms with Crippen molar-refractivity contribution < 1.29 is 24.2 Å². The van der Waals surface area contributed by atoms with E-state index in [2.05, 4.69) is 30.3 Å². The van der Waals surface area contributed by atoms with Gasteiger partial charge in [-0.05, 0) is 70.5 Å². The number of aliphatic carboxylic acids is 1. The highest BCUT2D eigenvalue weighted by atomic mass is 35.5. The Morgan fingerprint density at radius 3 is 2.30 bits per heavy atom. The van der Waals surface area contributed by atoms with Crippen LogP contribution in [0.15, 0.2) is 52.4 Å². The Balaban J connectivity index is 1.74. The number of amidine groups is 1. The summed E-state index contributed by atoms with van der Waals surface area (Å²) in [5, 5.41) is 11.7. The second-order valence-corrected chi connectivity index (χ2v) is 15.7. The maximum atomic E-state index is 12.7. The predicted molar refractivity (Wildman–Crippen MR) is 174 cm³/mol. The zero-order valence-corrected chi connectivity index (χ0v) is 27.9. The Bertz CT molecular complexity index is 1530. The number of hydrogen-bond donors (Lipinski definition) is 1. The number of aromatic nitrogens is 1. The molecule has 1 amide bonds. The molecule has 2 heterocycles. The van der Waals surface area contributed by atoms with Crippen LogP contribution in [0.4, 0.5) is 4.79 Å². The molecule has 43 heavy (non-hydrogen) atoms. The Kier molecular flexibility index (Phi) is 9.47. The van der Waals surface area contributed by atoms with Gasteiger partial charge in [-0.2, -0.15) is 0 Å². The average Bonchev–Trinajstić information content (AvgIpc) is 3.46. The molecule has 2 aromatic carbocycles. The van der Waals surface area contributed by atoms with Crippen LogP contribution in [0.5, 0.6) is 5.75 Å². The summed E-state index contributed by atoms with van der Waals surface area (Å²) in [5.74, 6) is 0.316. The minimum absolute atomic E-state index is 0.122. The lowest BCUT2D eigenvalue weighted by molar-refractivity contribution is -0.146. The number of benzene rings is 2.